The van der Waals surface area contributed by atoms with Crippen molar-refractivity contribution in [2.75, 3.05) is 6.54 Å². The van der Waals surface area contributed by atoms with Gasteiger partial charge in [-0.15, -0.1) is 0 Å². The Bertz CT molecular complexity index is 248. The molecule has 0 aliphatic heterocycles. The minimum Gasteiger partial charge on any atom is -0.479 e. The molecule has 1 fully saturated rings. The van der Waals surface area contributed by atoms with Crippen molar-refractivity contribution < 1.29 is 19.8 Å². The normalized spacial score (nSPS) is 18.3. The van der Waals surface area contributed by atoms with Crippen LogP contribution in [0.2, 0.25) is 0 Å². The van der Waals surface area contributed by atoms with E-state index in [0.29, 0.717) is 12.3 Å². The zero-order valence-electron chi connectivity index (χ0n) is 9.32. The molecule has 5 nitrogen and oxygen atoms in total. The lowest BCUT2D eigenvalue weighted by Gasteiger charge is -2.10. The molecule has 0 saturated heterocycles. The molecular formula is C11H19NO4. The van der Waals surface area contributed by atoms with Crippen LogP contribution in [0, 0.1) is 5.92 Å². The first-order valence-electron chi connectivity index (χ1n) is 5.77. The van der Waals surface area contributed by atoms with E-state index in [-0.39, 0.29) is 12.5 Å². The Morgan fingerprint density at radius 1 is 1.31 bits per heavy atom. The fraction of sp³-hybridized carbons (Fsp3) is 0.818. The maximum absolute atomic E-state index is 11.3. The van der Waals surface area contributed by atoms with Crippen molar-refractivity contribution in [3.63, 3.8) is 0 Å². The van der Waals surface area contributed by atoms with E-state index in [1.807, 2.05) is 0 Å². The number of carboxylic acids is 1. The van der Waals surface area contributed by atoms with E-state index in [4.69, 9.17) is 10.2 Å². The Morgan fingerprint density at radius 2 is 1.94 bits per heavy atom. The van der Waals surface area contributed by atoms with Gasteiger partial charge in [0.2, 0.25) is 5.91 Å². The second-order valence-electron chi connectivity index (χ2n) is 4.35. The molecule has 0 aromatic heterocycles. The zero-order chi connectivity index (χ0) is 12.0. The lowest BCUT2D eigenvalue weighted by atomic mass is 10.0. The Labute approximate surface area is 94.8 Å². The first-order chi connectivity index (χ1) is 7.59. The topological polar surface area (TPSA) is 86.6 Å². The van der Waals surface area contributed by atoms with Crippen molar-refractivity contribution in [2.45, 2.75) is 44.6 Å². The average molecular weight is 229 g/mol. The Morgan fingerprint density at radius 3 is 2.50 bits per heavy atom. The van der Waals surface area contributed by atoms with Gasteiger partial charge in [-0.1, -0.05) is 25.7 Å². The molecule has 0 heterocycles. The summed E-state index contributed by atoms with van der Waals surface area (Å²) in [5.74, 6) is -0.835. The van der Waals surface area contributed by atoms with Crippen LogP contribution >= 0.6 is 0 Å². The molecule has 0 bridgehead atoms. The molecule has 1 saturated carbocycles. The molecule has 0 unspecified atom stereocenters. The first kappa shape index (κ1) is 13.0. The number of carbonyl (C=O) groups is 2. The lowest BCUT2D eigenvalue weighted by Crippen LogP contribution is -2.36. The van der Waals surface area contributed by atoms with Crippen molar-refractivity contribution in [2.24, 2.45) is 5.92 Å². The van der Waals surface area contributed by atoms with Gasteiger partial charge in [-0.2, -0.15) is 0 Å². The quantitative estimate of drug-likeness (QED) is 0.619. The molecule has 0 spiro atoms. The highest BCUT2D eigenvalue weighted by molar-refractivity contribution is 5.77. The van der Waals surface area contributed by atoms with Gasteiger partial charge in [0.15, 0.2) is 6.10 Å². The zero-order valence-corrected chi connectivity index (χ0v) is 9.32. The van der Waals surface area contributed by atoms with Gasteiger partial charge in [-0.25, -0.2) is 4.79 Å². The molecule has 1 aliphatic rings. The summed E-state index contributed by atoms with van der Waals surface area (Å²) in [6.45, 7) is -0.209. The summed E-state index contributed by atoms with van der Waals surface area (Å²) in [4.78, 5) is 21.6. The number of nitrogens with one attached hydrogen (secondary N) is 1. The van der Waals surface area contributed by atoms with Crippen LogP contribution < -0.4 is 5.32 Å². The summed E-state index contributed by atoms with van der Waals surface area (Å²) < 4.78 is 0. The fourth-order valence-electron chi connectivity index (χ4n) is 2.02. The third-order valence-electron chi connectivity index (χ3n) is 3.03. The van der Waals surface area contributed by atoms with Crippen molar-refractivity contribution in [1.82, 2.24) is 5.32 Å². The smallest absolute Gasteiger partial charge is 0.334 e. The summed E-state index contributed by atoms with van der Waals surface area (Å²) in [6, 6.07) is 0. The number of hydrogen-bond donors (Lipinski definition) is 3. The molecule has 1 amide bonds. The van der Waals surface area contributed by atoms with Crippen molar-refractivity contribution in [1.29, 1.82) is 0 Å². The predicted octanol–water partition coefficient (Wildman–Crippen LogP) is 0.518. The van der Waals surface area contributed by atoms with E-state index in [0.717, 1.165) is 6.42 Å². The summed E-state index contributed by atoms with van der Waals surface area (Å²) in [5.41, 5.74) is 0. The molecule has 16 heavy (non-hydrogen) atoms. The molecule has 0 aromatic carbocycles. The standard InChI is InChI=1S/C11H19NO4/c13-9(11(15)16)7-12-10(14)6-5-8-3-1-2-4-8/h8-9,13H,1-7H2,(H,12,14)(H,15,16)/t9-/m0/s1. The van der Waals surface area contributed by atoms with Gasteiger partial charge >= 0.3 is 5.97 Å². The summed E-state index contributed by atoms with van der Waals surface area (Å²) in [5, 5.41) is 19.8. The van der Waals surface area contributed by atoms with Gasteiger partial charge in [0, 0.05) is 6.42 Å². The Balaban J connectivity index is 2.08. The minimum absolute atomic E-state index is 0.174. The van der Waals surface area contributed by atoms with Crippen LogP contribution in [0.15, 0.2) is 0 Å². The number of carboxylic acid groups (broad SMARTS) is 1. The molecule has 1 atom stereocenters. The SMILES string of the molecule is O=C(CCC1CCCC1)NC[C@H](O)C(=O)O. The van der Waals surface area contributed by atoms with Gasteiger partial charge < -0.3 is 15.5 Å². The number of carbonyl (C=O) groups excluding carboxylic acids is 1. The maximum Gasteiger partial charge on any atom is 0.334 e. The molecule has 0 radical (unpaired) electrons. The van der Waals surface area contributed by atoms with Gasteiger partial charge in [0.25, 0.3) is 0 Å². The summed E-state index contributed by atoms with van der Waals surface area (Å²) in [7, 11) is 0. The molecule has 92 valence electrons. The second kappa shape index (κ2) is 6.48. The highest BCUT2D eigenvalue weighted by atomic mass is 16.4. The summed E-state index contributed by atoms with van der Waals surface area (Å²) in [6.07, 6.45) is 4.70. The largest absolute Gasteiger partial charge is 0.479 e. The number of rotatable bonds is 6. The maximum atomic E-state index is 11.3. The van der Waals surface area contributed by atoms with Crippen molar-refractivity contribution in [3.8, 4) is 0 Å². The summed E-state index contributed by atoms with van der Waals surface area (Å²) >= 11 is 0. The number of aliphatic hydroxyl groups excluding tert-OH is 1. The second-order valence-corrected chi connectivity index (χ2v) is 4.35. The Hall–Kier alpha value is -1.10. The van der Waals surface area contributed by atoms with Gasteiger partial charge in [-0.05, 0) is 12.3 Å². The number of hydrogen-bond acceptors (Lipinski definition) is 3. The molecule has 5 heteroatoms. The third kappa shape index (κ3) is 4.61. The fourth-order valence-corrected chi connectivity index (χ4v) is 2.02. The van der Waals surface area contributed by atoms with Crippen LogP contribution in [-0.2, 0) is 9.59 Å². The molecule has 3 N–H and O–H groups in total. The van der Waals surface area contributed by atoms with Crippen LogP contribution in [0.3, 0.4) is 0 Å². The van der Waals surface area contributed by atoms with Gasteiger partial charge in [0.05, 0.1) is 6.54 Å². The Kier molecular flexibility index (Phi) is 5.25. The number of amides is 1. The van der Waals surface area contributed by atoms with Crippen LogP contribution in [0.25, 0.3) is 0 Å². The van der Waals surface area contributed by atoms with Crippen molar-refractivity contribution >= 4 is 11.9 Å². The average Bonchev–Trinajstić information content (AvgIpc) is 2.75. The third-order valence-corrected chi connectivity index (χ3v) is 3.03. The molecule has 1 aliphatic carbocycles. The highest BCUT2D eigenvalue weighted by Crippen LogP contribution is 2.28. The lowest BCUT2D eigenvalue weighted by molar-refractivity contribution is -0.146. The molecule has 0 aromatic rings. The molecule has 1 rings (SSSR count). The first-order valence-corrected chi connectivity index (χ1v) is 5.77. The van der Waals surface area contributed by atoms with E-state index >= 15 is 0 Å². The van der Waals surface area contributed by atoms with E-state index in [2.05, 4.69) is 5.32 Å². The minimum atomic E-state index is -1.50. The van der Waals surface area contributed by atoms with E-state index < -0.39 is 12.1 Å². The van der Waals surface area contributed by atoms with Gasteiger partial charge in [-0.3, -0.25) is 4.79 Å². The monoisotopic (exact) mass is 229 g/mol. The van der Waals surface area contributed by atoms with Crippen LogP contribution in [0.1, 0.15) is 38.5 Å². The predicted molar refractivity (Wildman–Crippen MR) is 57.8 cm³/mol. The van der Waals surface area contributed by atoms with E-state index in [1.54, 1.807) is 0 Å². The molecular weight excluding hydrogens is 210 g/mol. The van der Waals surface area contributed by atoms with Crippen LogP contribution in [0.5, 0.6) is 0 Å². The highest BCUT2D eigenvalue weighted by Gasteiger charge is 2.17. The number of aliphatic carboxylic acids is 1. The van der Waals surface area contributed by atoms with E-state index in [9.17, 15) is 9.59 Å². The number of aliphatic hydroxyl groups is 1. The van der Waals surface area contributed by atoms with Crippen molar-refractivity contribution in [3.05, 3.63) is 0 Å². The van der Waals surface area contributed by atoms with E-state index in [1.165, 1.54) is 25.7 Å². The van der Waals surface area contributed by atoms with Gasteiger partial charge in [0.1, 0.15) is 0 Å². The van der Waals surface area contributed by atoms with Crippen LogP contribution in [0.4, 0.5) is 0 Å². The van der Waals surface area contributed by atoms with Crippen LogP contribution in [-0.4, -0.2) is 34.7 Å².